The van der Waals surface area contributed by atoms with Gasteiger partial charge in [0.25, 0.3) is 10.1 Å². The van der Waals surface area contributed by atoms with Crippen LogP contribution in [0.1, 0.15) is 18.9 Å². The largest absolute Gasteiger partial charge is 1.00 e. The first-order valence-corrected chi connectivity index (χ1v) is 6.46. The zero-order chi connectivity index (χ0) is 13.9. The smallest absolute Gasteiger partial charge is 0.861 e. The number of benzene rings is 1. The van der Waals surface area contributed by atoms with E-state index in [1.165, 1.54) is 26.0 Å². The maximum atomic E-state index is 11.3. The molecular formula is C11H12KNO5S. The molecule has 98 valence electrons. The molecule has 0 atom stereocenters. The van der Waals surface area contributed by atoms with Crippen molar-refractivity contribution in [3.05, 3.63) is 23.8 Å². The summed E-state index contributed by atoms with van der Waals surface area (Å²) in [6, 6.07) is 3.94. The summed E-state index contributed by atoms with van der Waals surface area (Å²) >= 11 is 0. The van der Waals surface area contributed by atoms with Crippen LogP contribution < -0.4 is 56.5 Å². The Morgan fingerprint density at radius 3 is 2.47 bits per heavy atom. The fourth-order valence-electron chi connectivity index (χ4n) is 1.33. The number of hydrogen-bond donors (Lipinski definition) is 1. The molecule has 1 aromatic carbocycles. The Labute approximate surface area is 154 Å². The number of hydrogen-bond acceptors (Lipinski definition) is 5. The number of aryl methyl sites for hydroxylation is 1. The first-order chi connectivity index (χ1) is 8.20. The topological polar surface area (TPSA) is 107 Å². The van der Waals surface area contributed by atoms with Crippen LogP contribution >= 0.6 is 0 Å². The molecule has 0 radical (unpaired) electrons. The Morgan fingerprint density at radius 2 is 2.00 bits per heavy atom. The van der Waals surface area contributed by atoms with Crippen molar-refractivity contribution in [2.24, 2.45) is 4.99 Å². The van der Waals surface area contributed by atoms with Crippen LogP contribution in [0.4, 0.5) is 5.69 Å². The second kappa shape index (κ2) is 7.63. The zero-order valence-electron chi connectivity index (χ0n) is 10.9. The summed E-state index contributed by atoms with van der Waals surface area (Å²) in [5.41, 5.74) is 0.426. The molecule has 0 heterocycles. The SMILES string of the molecule is CC(=O)CC([O-])=Nc1ccc(C)c(S(=O)(=O)O)c1.[K+]. The van der Waals surface area contributed by atoms with E-state index in [1.54, 1.807) is 0 Å². The Kier molecular flexibility index (Phi) is 7.59. The fraction of sp³-hybridized carbons (Fsp3) is 0.273. The minimum atomic E-state index is -4.35. The number of ketones is 1. The van der Waals surface area contributed by atoms with Crippen molar-refractivity contribution in [1.82, 2.24) is 0 Å². The average molecular weight is 309 g/mol. The monoisotopic (exact) mass is 309 g/mol. The molecule has 8 heteroatoms. The van der Waals surface area contributed by atoms with Crippen molar-refractivity contribution in [3.63, 3.8) is 0 Å². The summed E-state index contributed by atoms with van der Waals surface area (Å²) in [4.78, 5) is 14.0. The van der Waals surface area contributed by atoms with E-state index < -0.39 is 16.0 Å². The number of aliphatic imine (C=N–C) groups is 1. The molecular weight excluding hydrogens is 297 g/mol. The molecule has 6 nitrogen and oxygen atoms in total. The minimum absolute atomic E-state index is 0. The third-order valence-electron chi connectivity index (χ3n) is 2.10. The maximum Gasteiger partial charge on any atom is 1.00 e. The summed E-state index contributed by atoms with van der Waals surface area (Å²) in [5, 5.41) is 11.3. The second-order valence-electron chi connectivity index (χ2n) is 3.81. The van der Waals surface area contributed by atoms with Crippen LogP contribution in [0.15, 0.2) is 28.1 Å². The van der Waals surface area contributed by atoms with E-state index in [0.717, 1.165) is 6.07 Å². The molecule has 0 saturated carbocycles. The molecule has 0 bridgehead atoms. The van der Waals surface area contributed by atoms with Gasteiger partial charge in [0.15, 0.2) is 0 Å². The van der Waals surface area contributed by atoms with Crippen LogP contribution in [0.3, 0.4) is 0 Å². The van der Waals surface area contributed by atoms with Crippen LogP contribution in [-0.2, 0) is 14.9 Å². The van der Waals surface area contributed by atoms with E-state index in [0.29, 0.717) is 5.56 Å². The minimum Gasteiger partial charge on any atom is -0.861 e. The summed E-state index contributed by atoms with van der Waals surface area (Å²) in [6.07, 6.45) is -0.338. The number of Topliss-reactive ketones (excluding diaryl/α,β-unsaturated/α-hetero) is 1. The Bertz CT molecular complexity index is 610. The molecule has 0 aliphatic rings. The van der Waals surface area contributed by atoms with Gasteiger partial charge in [-0.25, -0.2) is 0 Å². The Balaban J connectivity index is 0.00000324. The number of carbonyl (C=O) groups excluding carboxylic acids is 1. The van der Waals surface area contributed by atoms with Gasteiger partial charge in [0, 0.05) is 6.42 Å². The van der Waals surface area contributed by atoms with Crippen LogP contribution in [-0.4, -0.2) is 24.7 Å². The van der Waals surface area contributed by atoms with Crippen molar-refractivity contribution < 1.29 is 74.3 Å². The van der Waals surface area contributed by atoms with Gasteiger partial charge < -0.3 is 5.11 Å². The zero-order valence-corrected chi connectivity index (χ0v) is 14.8. The van der Waals surface area contributed by atoms with Crippen molar-refractivity contribution in [2.75, 3.05) is 0 Å². The standard InChI is InChI=1S/C11H13NO5S.K/c1-7-3-4-9(6-10(7)18(15,16)17)12-11(14)5-8(2)13;/h3-4,6H,5H2,1-2H3,(H,12,14)(H,15,16,17);/q;+1/p-1. The van der Waals surface area contributed by atoms with Crippen molar-refractivity contribution in [3.8, 4) is 0 Å². The summed E-state index contributed by atoms with van der Waals surface area (Å²) in [7, 11) is -4.35. The van der Waals surface area contributed by atoms with E-state index in [4.69, 9.17) is 4.55 Å². The van der Waals surface area contributed by atoms with Gasteiger partial charge in [0.05, 0.1) is 10.6 Å². The number of nitrogens with zero attached hydrogens (tertiary/aromatic N) is 1. The van der Waals surface area contributed by atoms with Gasteiger partial charge in [-0.15, -0.1) is 0 Å². The van der Waals surface area contributed by atoms with Crippen molar-refractivity contribution in [1.29, 1.82) is 0 Å². The average Bonchev–Trinajstić information content (AvgIpc) is 2.17. The quantitative estimate of drug-likeness (QED) is 0.289. The Hall–Kier alpha value is -0.0936. The maximum absolute atomic E-state index is 11.3. The number of rotatable bonds is 4. The van der Waals surface area contributed by atoms with Crippen molar-refractivity contribution >= 4 is 27.5 Å². The van der Waals surface area contributed by atoms with E-state index >= 15 is 0 Å². The first-order valence-electron chi connectivity index (χ1n) is 5.02. The molecule has 1 rings (SSSR count). The molecule has 0 unspecified atom stereocenters. The Morgan fingerprint density at radius 1 is 1.42 bits per heavy atom. The van der Waals surface area contributed by atoms with Crippen molar-refractivity contribution in [2.45, 2.75) is 25.2 Å². The van der Waals surface area contributed by atoms with Crippen LogP contribution in [0.25, 0.3) is 0 Å². The van der Waals surface area contributed by atoms with E-state index in [9.17, 15) is 18.3 Å². The van der Waals surface area contributed by atoms with E-state index in [-0.39, 0.29) is 74.2 Å². The van der Waals surface area contributed by atoms with Gasteiger partial charge in [-0.05, 0) is 37.4 Å². The van der Waals surface area contributed by atoms with Gasteiger partial charge in [-0.3, -0.25) is 14.3 Å². The summed E-state index contributed by atoms with van der Waals surface area (Å²) in [6.45, 7) is 2.76. The predicted octanol–water partition coefficient (Wildman–Crippen LogP) is -2.38. The third-order valence-corrected chi connectivity index (χ3v) is 3.10. The van der Waals surface area contributed by atoms with Gasteiger partial charge in [0.2, 0.25) is 0 Å². The summed E-state index contributed by atoms with van der Waals surface area (Å²) in [5.74, 6) is -0.987. The second-order valence-corrected chi connectivity index (χ2v) is 5.20. The predicted molar refractivity (Wildman–Crippen MR) is 63.4 cm³/mol. The molecule has 0 spiro atoms. The third kappa shape index (κ3) is 6.26. The molecule has 1 N–H and O–H groups in total. The molecule has 0 aliphatic carbocycles. The van der Waals surface area contributed by atoms with Gasteiger partial charge >= 0.3 is 51.4 Å². The van der Waals surface area contributed by atoms with Gasteiger partial charge in [0.1, 0.15) is 5.78 Å². The van der Waals surface area contributed by atoms with Gasteiger partial charge in [-0.2, -0.15) is 8.42 Å². The molecule has 0 aliphatic heterocycles. The molecule has 0 aromatic heterocycles. The molecule has 0 fully saturated rings. The van der Waals surface area contributed by atoms with Gasteiger partial charge in [-0.1, -0.05) is 6.07 Å². The fourth-order valence-corrected chi connectivity index (χ4v) is 2.08. The summed E-state index contributed by atoms with van der Waals surface area (Å²) < 4.78 is 31.1. The van der Waals surface area contributed by atoms with Crippen LogP contribution in [0.5, 0.6) is 0 Å². The first kappa shape index (κ1) is 18.9. The number of carbonyl (C=O) groups is 1. The molecule has 0 saturated heterocycles. The normalized spacial score (nSPS) is 11.8. The molecule has 1 aromatic rings. The molecule has 19 heavy (non-hydrogen) atoms. The van der Waals surface area contributed by atoms with Crippen LogP contribution in [0.2, 0.25) is 0 Å². The van der Waals surface area contributed by atoms with E-state index in [2.05, 4.69) is 4.99 Å². The van der Waals surface area contributed by atoms with E-state index in [1.807, 2.05) is 0 Å². The molecule has 0 amide bonds. The van der Waals surface area contributed by atoms with Crippen LogP contribution in [0, 0.1) is 6.92 Å².